The van der Waals surface area contributed by atoms with Crippen molar-refractivity contribution in [2.45, 2.75) is 29.1 Å². The van der Waals surface area contributed by atoms with Crippen LogP contribution in [-0.4, -0.2) is 40.8 Å². The van der Waals surface area contributed by atoms with Gasteiger partial charge < -0.3 is 0 Å². The van der Waals surface area contributed by atoms with Gasteiger partial charge in [-0.3, -0.25) is 4.31 Å². The summed E-state index contributed by atoms with van der Waals surface area (Å²) in [4.78, 5) is 0.0439. The van der Waals surface area contributed by atoms with Gasteiger partial charge in [-0.25, -0.2) is 16.8 Å². The van der Waals surface area contributed by atoms with E-state index in [9.17, 15) is 16.8 Å². The van der Waals surface area contributed by atoms with Gasteiger partial charge in [0.1, 0.15) is 0 Å². The fourth-order valence-corrected chi connectivity index (χ4v) is 6.75. The lowest BCUT2D eigenvalue weighted by Crippen LogP contribution is -2.30. The summed E-state index contributed by atoms with van der Waals surface area (Å²) in [6.45, 7) is 1.34. The highest BCUT2D eigenvalue weighted by molar-refractivity contribution is 7.93. The van der Waals surface area contributed by atoms with E-state index in [1.807, 2.05) is 12.1 Å². The van der Waals surface area contributed by atoms with Crippen LogP contribution in [0.1, 0.15) is 18.4 Å². The largest absolute Gasteiger partial charge is 0.266 e. The molecule has 0 N–H and O–H groups in total. The normalized spacial score (nSPS) is 18.2. The van der Waals surface area contributed by atoms with Crippen LogP contribution in [0.4, 0.5) is 5.69 Å². The van der Waals surface area contributed by atoms with Crippen LogP contribution in [0.25, 0.3) is 0 Å². The molecule has 0 saturated carbocycles. The van der Waals surface area contributed by atoms with E-state index in [0.29, 0.717) is 31.7 Å². The highest BCUT2D eigenvalue weighted by Crippen LogP contribution is 2.33. The van der Waals surface area contributed by atoms with Gasteiger partial charge >= 0.3 is 0 Å². The Morgan fingerprint density at radius 2 is 1.38 bits per heavy atom. The molecule has 1 fully saturated rings. The number of sulfonamides is 2. The summed E-state index contributed by atoms with van der Waals surface area (Å²) < 4.78 is 54.5. The lowest BCUT2D eigenvalue weighted by atomic mass is 10.2. The van der Waals surface area contributed by atoms with Crippen LogP contribution in [0.15, 0.2) is 58.3 Å². The summed E-state index contributed by atoms with van der Waals surface area (Å²) >= 11 is 0. The van der Waals surface area contributed by atoms with Crippen molar-refractivity contribution in [2.24, 2.45) is 0 Å². The van der Waals surface area contributed by atoms with E-state index >= 15 is 0 Å². The van der Waals surface area contributed by atoms with Crippen molar-refractivity contribution in [3.63, 3.8) is 0 Å². The Morgan fingerprint density at radius 1 is 0.731 bits per heavy atom. The third-order valence-electron chi connectivity index (χ3n) is 4.94. The summed E-state index contributed by atoms with van der Waals surface area (Å²) in [5.41, 5.74) is 1.65. The second-order valence-corrected chi connectivity index (χ2v) is 10.3. The summed E-state index contributed by atoms with van der Waals surface area (Å²) in [6, 6.07) is 13.1. The predicted molar refractivity (Wildman–Crippen MR) is 99.1 cm³/mol. The molecular formula is C18H20N2O4S2. The van der Waals surface area contributed by atoms with Gasteiger partial charge in [0.05, 0.1) is 15.5 Å². The summed E-state index contributed by atoms with van der Waals surface area (Å²) in [7, 11) is -7.46. The van der Waals surface area contributed by atoms with Gasteiger partial charge in [0.25, 0.3) is 10.0 Å². The first-order valence-electron chi connectivity index (χ1n) is 8.61. The van der Waals surface area contributed by atoms with Crippen molar-refractivity contribution >= 4 is 25.7 Å². The summed E-state index contributed by atoms with van der Waals surface area (Å²) in [5.74, 6) is 0. The number of benzene rings is 2. The van der Waals surface area contributed by atoms with Crippen molar-refractivity contribution in [1.82, 2.24) is 4.31 Å². The molecular weight excluding hydrogens is 372 g/mol. The summed E-state index contributed by atoms with van der Waals surface area (Å²) in [5, 5.41) is 0. The first kappa shape index (κ1) is 17.5. The molecule has 0 atom stereocenters. The molecule has 4 rings (SSSR count). The molecule has 2 aliphatic rings. The molecule has 0 unspecified atom stereocenters. The Kier molecular flexibility index (Phi) is 4.29. The first-order chi connectivity index (χ1) is 12.4. The van der Waals surface area contributed by atoms with E-state index in [1.165, 1.54) is 32.9 Å². The number of nitrogens with zero attached hydrogens (tertiary/aromatic N) is 2. The molecule has 26 heavy (non-hydrogen) atoms. The Hall–Kier alpha value is -1.90. The minimum absolute atomic E-state index is 0.00877. The number of para-hydroxylation sites is 1. The summed E-state index contributed by atoms with van der Waals surface area (Å²) in [6.07, 6.45) is 2.32. The van der Waals surface area contributed by atoms with E-state index in [0.717, 1.165) is 18.4 Å². The van der Waals surface area contributed by atoms with E-state index in [-0.39, 0.29) is 9.79 Å². The molecule has 2 aromatic carbocycles. The van der Waals surface area contributed by atoms with Crippen LogP contribution in [0.2, 0.25) is 0 Å². The zero-order valence-electron chi connectivity index (χ0n) is 14.2. The van der Waals surface area contributed by atoms with Crippen LogP contribution >= 0.6 is 0 Å². The highest BCUT2D eigenvalue weighted by atomic mass is 32.2. The van der Waals surface area contributed by atoms with E-state index in [4.69, 9.17) is 0 Å². The van der Waals surface area contributed by atoms with Crippen LogP contribution in [0, 0.1) is 0 Å². The maximum atomic E-state index is 13.1. The lowest BCUT2D eigenvalue weighted by molar-refractivity contribution is 0.477. The van der Waals surface area contributed by atoms with Crippen molar-refractivity contribution in [3.8, 4) is 0 Å². The molecule has 0 bridgehead atoms. The number of hydrogen-bond donors (Lipinski definition) is 0. The van der Waals surface area contributed by atoms with Crippen molar-refractivity contribution < 1.29 is 16.8 Å². The van der Waals surface area contributed by atoms with Gasteiger partial charge in [0.15, 0.2) is 0 Å². The van der Waals surface area contributed by atoms with Gasteiger partial charge in [-0.2, -0.15) is 4.31 Å². The molecule has 0 amide bonds. The third-order valence-corrected chi connectivity index (χ3v) is 8.64. The molecule has 0 aromatic heterocycles. The molecule has 2 aromatic rings. The molecule has 0 radical (unpaired) electrons. The monoisotopic (exact) mass is 392 g/mol. The van der Waals surface area contributed by atoms with Gasteiger partial charge in [-0.05, 0) is 49.1 Å². The van der Waals surface area contributed by atoms with Crippen LogP contribution in [0.5, 0.6) is 0 Å². The van der Waals surface area contributed by atoms with Gasteiger partial charge in [-0.1, -0.05) is 24.3 Å². The smallest absolute Gasteiger partial charge is 0.264 e. The third kappa shape index (κ3) is 2.82. The van der Waals surface area contributed by atoms with Crippen molar-refractivity contribution in [3.05, 3.63) is 54.1 Å². The zero-order valence-corrected chi connectivity index (χ0v) is 15.8. The van der Waals surface area contributed by atoms with Crippen LogP contribution in [0.3, 0.4) is 0 Å². The molecule has 1 saturated heterocycles. The molecule has 2 aliphatic heterocycles. The molecule has 8 heteroatoms. The quantitative estimate of drug-likeness (QED) is 0.800. The lowest BCUT2D eigenvalue weighted by Gasteiger charge is -2.21. The SMILES string of the molecule is O=S(=O)(c1cccc(S(=O)(=O)N2CCc3ccccc32)c1)N1CCCC1. The maximum absolute atomic E-state index is 13.1. The molecule has 0 spiro atoms. The van der Waals surface area contributed by atoms with Crippen molar-refractivity contribution in [1.29, 1.82) is 0 Å². The second-order valence-electron chi connectivity index (χ2n) is 6.54. The van der Waals surface area contributed by atoms with E-state index < -0.39 is 20.0 Å². The van der Waals surface area contributed by atoms with Crippen LogP contribution < -0.4 is 4.31 Å². The first-order valence-corrected chi connectivity index (χ1v) is 11.5. The predicted octanol–water partition coefficient (Wildman–Crippen LogP) is 2.22. The van der Waals surface area contributed by atoms with E-state index in [1.54, 1.807) is 12.1 Å². The average Bonchev–Trinajstić information content (AvgIpc) is 3.32. The van der Waals surface area contributed by atoms with Gasteiger partial charge in [0.2, 0.25) is 10.0 Å². The minimum atomic E-state index is -3.81. The molecule has 6 nitrogen and oxygen atoms in total. The second kappa shape index (κ2) is 6.37. The number of hydrogen-bond acceptors (Lipinski definition) is 4. The van der Waals surface area contributed by atoms with E-state index in [2.05, 4.69) is 0 Å². The zero-order chi connectivity index (χ0) is 18.4. The Morgan fingerprint density at radius 3 is 2.12 bits per heavy atom. The van der Waals surface area contributed by atoms with Gasteiger partial charge in [0, 0.05) is 19.6 Å². The topological polar surface area (TPSA) is 74.8 Å². The fourth-order valence-electron chi connectivity index (χ4n) is 3.56. The molecule has 0 aliphatic carbocycles. The number of rotatable bonds is 4. The van der Waals surface area contributed by atoms with Crippen LogP contribution in [-0.2, 0) is 26.5 Å². The Balaban J connectivity index is 1.73. The Labute approximate surface area is 154 Å². The maximum Gasteiger partial charge on any atom is 0.264 e. The molecule has 138 valence electrons. The standard InChI is InChI=1S/C18H20N2O4S2/c21-25(22,19-11-3-4-12-19)16-7-5-8-17(14-16)26(23,24)20-13-10-15-6-1-2-9-18(15)20/h1-2,5-9,14H,3-4,10-13H2. The van der Waals surface area contributed by atoms with Gasteiger partial charge in [-0.15, -0.1) is 0 Å². The Bertz CT molecular complexity index is 1040. The number of anilines is 1. The number of fused-ring (bicyclic) bond motifs is 1. The fraction of sp³-hybridized carbons (Fsp3) is 0.333. The average molecular weight is 393 g/mol. The van der Waals surface area contributed by atoms with Crippen molar-refractivity contribution in [2.75, 3.05) is 23.9 Å². The minimum Gasteiger partial charge on any atom is -0.266 e. The molecule has 2 heterocycles. The highest BCUT2D eigenvalue weighted by Gasteiger charge is 2.32.